The lowest BCUT2D eigenvalue weighted by Gasteiger charge is -2.30. The van der Waals surface area contributed by atoms with Crippen LogP contribution in [0.4, 0.5) is 0 Å². The van der Waals surface area contributed by atoms with Crippen LogP contribution in [-0.2, 0) is 9.36 Å². The molecule has 0 radical (unpaired) electrons. The Morgan fingerprint density at radius 3 is 2.10 bits per heavy atom. The molecule has 0 aliphatic heterocycles. The van der Waals surface area contributed by atoms with Gasteiger partial charge in [-0.25, -0.2) is 0 Å². The van der Waals surface area contributed by atoms with E-state index in [1.54, 1.807) is 0 Å². The summed E-state index contributed by atoms with van der Waals surface area (Å²) in [5, 5.41) is 9.80. The van der Waals surface area contributed by atoms with Gasteiger partial charge in [0.2, 0.25) is 0 Å². The van der Waals surface area contributed by atoms with Crippen LogP contribution < -0.4 is 20.6 Å². The smallest absolute Gasteiger partial charge is 0.129 e. The number of hydrogen-bond acceptors (Lipinski definition) is 5. The molecule has 0 unspecified atom stereocenters. The van der Waals surface area contributed by atoms with Crippen molar-refractivity contribution in [3.05, 3.63) is 0 Å². The van der Waals surface area contributed by atoms with E-state index in [-0.39, 0.29) is 0 Å². The van der Waals surface area contributed by atoms with Crippen molar-refractivity contribution in [1.82, 2.24) is 0 Å². The van der Waals surface area contributed by atoms with Crippen molar-refractivity contribution in [2.24, 2.45) is 0 Å². The van der Waals surface area contributed by atoms with E-state index in [9.17, 15) is 24.3 Å². The van der Waals surface area contributed by atoms with Crippen LogP contribution in [0.5, 0.6) is 0 Å². The van der Waals surface area contributed by atoms with Gasteiger partial charge in [-0.3, -0.25) is 0 Å². The molecule has 0 saturated carbocycles. The van der Waals surface area contributed by atoms with Crippen molar-refractivity contribution in [3.63, 3.8) is 0 Å². The summed E-state index contributed by atoms with van der Waals surface area (Å²) in [7, 11) is -4.76. The zero-order valence-corrected chi connectivity index (χ0v) is 5.87. The molecule has 0 saturated heterocycles. The Balaban J connectivity index is 3.93. The molecular formula is C3H6NO5P-2. The number of carboxylic acids is 1. The van der Waals surface area contributed by atoms with Crippen LogP contribution in [0.3, 0.4) is 0 Å². The van der Waals surface area contributed by atoms with Crippen molar-refractivity contribution >= 4 is 13.6 Å². The van der Waals surface area contributed by atoms with Crippen LogP contribution in [0.2, 0.25) is 0 Å². The van der Waals surface area contributed by atoms with Gasteiger partial charge in [-0.1, -0.05) is 7.60 Å². The zero-order chi connectivity index (χ0) is 8.36. The first-order valence-corrected chi connectivity index (χ1v) is 4.11. The second kappa shape index (κ2) is 3.12. The lowest BCUT2D eigenvalue weighted by molar-refractivity contribution is -0.435. The second-order valence-corrected chi connectivity index (χ2v) is 3.40. The minimum absolute atomic E-state index is 0.991. The first-order chi connectivity index (χ1) is 4.33. The van der Waals surface area contributed by atoms with E-state index in [0.29, 0.717) is 0 Å². The Kier molecular flexibility index (Phi) is 2.98. The molecule has 1 atom stereocenters. The molecule has 0 heterocycles. The molecule has 6 nitrogen and oxygen atoms in total. The number of hydrogen-bond donors (Lipinski definition) is 1. The molecule has 3 N–H and O–H groups in total. The summed E-state index contributed by atoms with van der Waals surface area (Å²) < 4.78 is 9.89. The second-order valence-electron chi connectivity index (χ2n) is 1.81. The molecule has 0 aromatic rings. The van der Waals surface area contributed by atoms with E-state index < -0.39 is 25.8 Å². The Morgan fingerprint density at radius 2 is 2.00 bits per heavy atom. The van der Waals surface area contributed by atoms with Gasteiger partial charge in [-0.2, -0.15) is 0 Å². The molecule has 0 fully saturated rings. The zero-order valence-electron chi connectivity index (χ0n) is 4.98. The highest BCUT2D eigenvalue weighted by Crippen LogP contribution is 2.22. The Bertz CT molecular complexity index is 174. The Hall–Kier alpha value is -0.420. The van der Waals surface area contributed by atoms with Gasteiger partial charge in [0, 0.05) is 6.16 Å². The SMILES string of the molecule is [NH3+][C@H](CP(=O)([O-])[O-])C(=O)[O-]. The molecule has 0 aliphatic carbocycles. The van der Waals surface area contributed by atoms with Gasteiger partial charge in [0.05, 0.1) is 5.97 Å². The lowest BCUT2D eigenvalue weighted by atomic mass is 10.4. The quantitative estimate of drug-likeness (QED) is 0.421. The van der Waals surface area contributed by atoms with E-state index in [2.05, 4.69) is 5.73 Å². The summed E-state index contributed by atoms with van der Waals surface area (Å²) in [6, 6.07) is -1.47. The van der Waals surface area contributed by atoms with Crippen molar-refractivity contribution in [2.45, 2.75) is 6.04 Å². The predicted octanol–water partition coefficient (Wildman–Crippen LogP) is -4.74. The summed E-state index contributed by atoms with van der Waals surface area (Å²) in [6.45, 7) is 0. The fourth-order valence-electron chi connectivity index (χ4n) is 0.344. The number of rotatable bonds is 3. The summed E-state index contributed by atoms with van der Waals surface area (Å²) in [5.74, 6) is -1.63. The van der Waals surface area contributed by atoms with E-state index in [1.807, 2.05) is 0 Å². The van der Waals surface area contributed by atoms with Crippen LogP contribution in [-0.4, -0.2) is 18.2 Å². The van der Waals surface area contributed by atoms with Crippen LogP contribution in [0.15, 0.2) is 0 Å². The third-order valence-corrected chi connectivity index (χ3v) is 1.67. The molecule has 60 valence electrons. The van der Waals surface area contributed by atoms with E-state index in [0.717, 1.165) is 0 Å². The highest BCUT2D eigenvalue weighted by Gasteiger charge is 2.08. The average molecular weight is 167 g/mol. The van der Waals surface area contributed by atoms with Gasteiger partial charge in [0.1, 0.15) is 6.04 Å². The van der Waals surface area contributed by atoms with Gasteiger partial charge >= 0.3 is 0 Å². The van der Waals surface area contributed by atoms with E-state index in [1.165, 1.54) is 0 Å². The maximum absolute atomic E-state index is 9.89. The minimum atomic E-state index is -4.76. The van der Waals surface area contributed by atoms with E-state index in [4.69, 9.17) is 0 Å². The van der Waals surface area contributed by atoms with Crippen LogP contribution in [0, 0.1) is 0 Å². The van der Waals surface area contributed by atoms with Crippen molar-refractivity contribution in [2.75, 3.05) is 6.16 Å². The van der Waals surface area contributed by atoms with Gasteiger partial charge in [0.25, 0.3) is 0 Å². The van der Waals surface area contributed by atoms with Crippen LogP contribution >= 0.6 is 7.60 Å². The summed E-state index contributed by atoms with van der Waals surface area (Å²) in [6.07, 6.45) is -0.991. The number of quaternary nitrogens is 1. The topological polar surface area (TPSA) is 131 Å². The van der Waals surface area contributed by atoms with Gasteiger partial charge in [-0.15, -0.1) is 0 Å². The molecule has 0 aromatic heterocycles. The molecular weight excluding hydrogens is 161 g/mol. The van der Waals surface area contributed by atoms with Crippen molar-refractivity contribution < 1.29 is 30.0 Å². The molecule has 7 heteroatoms. The predicted molar refractivity (Wildman–Crippen MR) is 24.2 cm³/mol. The van der Waals surface area contributed by atoms with Gasteiger partial charge < -0.3 is 30.0 Å². The molecule has 0 aromatic carbocycles. The number of carbonyl (C=O) groups is 1. The maximum atomic E-state index is 9.89. The third-order valence-electron chi connectivity index (χ3n) is 0.777. The fourth-order valence-corrected chi connectivity index (χ4v) is 1.03. The molecule has 0 aliphatic rings. The standard InChI is InChI=1S/C3H8NO5P/c4-2(3(5)6)1-10(7,8)9/h2H,1,4H2,(H,5,6)(H2,7,8,9)/p-2/t2-/m1/s1. The Labute approximate surface area is 56.8 Å². The summed E-state index contributed by atoms with van der Waals surface area (Å²) in [4.78, 5) is 29.6. The fraction of sp³-hybridized carbons (Fsp3) is 0.667. The monoisotopic (exact) mass is 167 g/mol. The lowest BCUT2D eigenvalue weighted by Crippen LogP contribution is -2.70. The normalized spacial score (nSPS) is 14.7. The highest BCUT2D eigenvalue weighted by molar-refractivity contribution is 7.48. The van der Waals surface area contributed by atoms with Gasteiger partial charge in [0.15, 0.2) is 0 Å². The van der Waals surface area contributed by atoms with Crippen molar-refractivity contribution in [1.29, 1.82) is 0 Å². The largest absolute Gasteiger partial charge is 0.811 e. The number of aliphatic carboxylic acids is 1. The van der Waals surface area contributed by atoms with E-state index >= 15 is 0 Å². The average Bonchev–Trinajstić information content (AvgIpc) is 1.60. The third kappa shape index (κ3) is 4.46. The summed E-state index contributed by atoms with van der Waals surface area (Å²) in [5.41, 5.74) is 2.89. The number of carbonyl (C=O) groups excluding carboxylic acids is 1. The maximum Gasteiger partial charge on any atom is 0.129 e. The molecule has 0 bridgehead atoms. The molecule has 0 amide bonds. The highest BCUT2D eigenvalue weighted by atomic mass is 31.2. The Morgan fingerprint density at radius 1 is 1.60 bits per heavy atom. The minimum Gasteiger partial charge on any atom is -0.811 e. The first-order valence-electron chi connectivity index (χ1n) is 2.38. The van der Waals surface area contributed by atoms with Crippen LogP contribution in [0.25, 0.3) is 0 Å². The first kappa shape index (κ1) is 9.58. The molecule has 0 spiro atoms. The summed E-state index contributed by atoms with van der Waals surface area (Å²) >= 11 is 0. The van der Waals surface area contributed by atoms with Gasteiger partial charge in [-0.05, 0) is 0 Å². The van der Waals surface area contributed by atoms with Crippen molar-refractivity contribution in [3.8, 4) is 0 Å². The number of carboxylic acid groups (broad SMARTS) is 1. The molecule has 10 heavy (non-hydrogen) atoms. The van der Waals surface area contributed by atoms with Crippen LogP contribution in [0.1, 0.15) is 0 Å². The molecule has 0 rings (SSSR count).